The fraction of sp³-hybridized carbons (Fsp3) is 0.538. The van der Waals surface area contributed by atoms with Gasteiger partial charge in [0.05, 0.1) is 5.69 Å². The first-order valence-corrected chi connectivity index (χ1v) is 6.78. The van der Waals surface area contributed by atoms with Crippen LogP contribution in [0.4, 0.5) is 0 Å². The van der Waals surface area contributed by atoms with Gasteiger partial charge in [0.25, 0.3) is 0 Å². The van der Waals surface area contributed by atoms with E-state index in [9.17, 15) is 4.79 Å². The lowest BCUT2D eigenvalue weighted by molar-refractivity contribution is -0.132. The molecule has 0 atom stereocenters. The maximum atomic E-state index is 12.3. The smallest absolute Gasteiger partial charge is 0.223 e. The minimum atomic E-state index is 0.166. The molecular formula is C13H18N6O. The Morgan fingerprint density at radius 1 is 1.50 bits per heavy atom. The molecule has 1 amide bonds. The van der Waals surface area contributed by atoms with Crippen molar-refractivity contribution in [1.29, 1.82) is 0 Å². The third-order valence-electron chi connectivity index (χ3n) is 3.85. The molecule has 3 heterocycles. The molecular weight excluding hydrogens is 256 g/mol. The standard InChI is InChI=1S/C13H18N6O/c1-9-10-7-19(6-5-11(10)16-15-9)13(20)4-3-12-17-14-8-18(12)2/h8H,3-7H2,1-2H3,(H,15,16). The summed E-state index contributed by atoms with van der Waals surface area (Å²) in [6.45, 7) is 3.41. The van der Waals surface area contributed by atoms with Crippen LogP contribution >= 0.6 is 0 Å². The van der Waals surface area contributed by atoms with Crippen LogP contribution in [0.2, 0.25) is 0 Å². The molecule has 1 aliphatic rings. The van der Waals surface area contributed by atoms with Gasteiger partial charge in [0.1, 0.15) is 12.2 Å². The highest BCUT2D eigenvalue weighted by Crippen LogP contribution is 2.20. The Hall–Kier alpha value is -2.18. The van der Waals surface area contributed by atoms with E-state index >= 15 is 0 Å². The molecule has 0 bridgehead atoms. The van der Waals surface area contributed by atoms with Crippen LogP contribution in [0.1, 0.15) is 29.2 Å². The summed E-state index contributed by atoms with van der Waals surface area (Å²) in [6, 6.07) is 0. The van der Waals surface area contributed by atoms with E-state index in [1.807, 2.05) is 23.4 Å². The molecule has 7 heteroatoms. The number of amides is 1. The molecule has 0 radical (unpaired) electrons. The zero-order valence-corrected chi connectivity index (χ0v) is 11.8. The first-order valence-electron chi connectivity index (χ1n) is 6.78. The van der Waals surface area contributed by atoms with Gasteiger partial charge in [-0.2, -0.15) is 5.10 Å². The molecule has 20 heavy (non-hydrogen) atoms. The van der Waals surface area contributed by atoms with Crippen LogP contribution in [0.3, 0.4) is 0 Å². The second-order valence-electron chi connectivity index (χ2n) is 5.20. The van der Waals surface area contributed by atoms with Gasteiger partial charge < -0.3 is 9.47 Å². The van der Waals surface area contributed by atoms with Crippen LogP contribution in [0.5, 0.6) is 0 Å². The van der Waals surface area contributed by atoms with Crippen molar-refractivity contribution in [2.45, 2.75) is 32.7 Å². The van der Waals surface area contributed by atoms with E-state index < -0.39 is 0 Å². The van der Waals surface area contributed by atoms with Crippen LogP contribution in [-0.2, 0) is 31.2 Å². The van der Waals surface area contributed by atoms with E-state index in [-0.39, 0.29) is 5.91 Å². The number of rotatable bonds is 3. The Kier molecular flexibility index (Phi) is 3.25. The van der Waals surface area contributed by atoms with Crippen molar-refractivity contribution in [2.75, 3.05) is 6.54 Å². The summed E-state index contributed by atoms with van der Waals surface area (Å²) in [6.07, 6.45) is 3.58. The summed E-state index contributed by atoms with van der Waals surface area (Å²) in [7, 11) is 1.89. The predicted molar refractivity (Wildman–Crippen MR) is 71.8 cm³/mol. The fourth-order valence-corrected chi connectivity index (χ4v) is 2.55. The minimum Gasteiger partial charge on any atom is -0.338 e. The summed E-state index contributed by atoms with van der Waals surface area (Å²) < 4.78 is 1.85. The first-order chi connectivity index (χ1) is 9.65. The van der Waals surface area contributed by atoms with Gasteiger partial charge in [-0.3, -0.25) is 9.89 Å². The van der Waals surface area contributed by atoms with Gasteiger partial charge in [-0.25, -0.2) is 0 Å². The Morgan fingerprint density at radius 3 is 3.10 bits per heavy atom. The number of carbonyl (C=O) groups excluding carboxylic acids is 1. The number of hydrogen-bond donors (Lipinski definition) is 1. The average molecular weight is 274 g/mol. The highest BCUT2D eigenvalue weighted by atomic mass is 16.2. The minimum absolute atomic E-state index is 0.166. The van der Waals surface area contributed by atoms with Gasteiger partial charge in [-0.1, -0.05) is 0 Å². The summed E-state index contributed by atoms with van der Waals surface area (Å²) >= 11 is 0. The topological polar surface area (TPSA) is 79.7 Å². The van der Waals surface area contributed by atoms with E-state index in [2.05, 4.69) is 20.4 Å². The lowest BCUT2D eigenvalue weighted by atomic mass is 10.1. The number of H-pyrrole nitrogens is 1. The fourth-order valence-electron chi connectivity index (χ4n) is 2.55. The second kappa shape index (κ2) is 5.07. The predicted octanol–water partition coefficient (Wildman–Crippen LogP) is 0.364. The summed E-state index contributed by atoms with van der Waals surface area (Å²) in [5.74, 6) is 1.01. The van der Waals surface area contributed by atoms with Gasteiger partial charge in [-0.15, -0.1) is 10.2 Å². The van der Waals surface area contributed by atoms with E-state index in [1.165, 1.54) is 5.56 Å². The molecule has 1 N–H and O–H groups in total. The molecule has 0 saturated carbocycles. The molecule has 0 unspecified atom stereocenters. The Morgan fingerprint density at radius 2 is 2.35 bits per heavy atom. The second-order valence-corrected chi connectivity index (χ2v) is 5.20. The monoisotopic (exact) mass is 274 g/mol. The SMILES string of the molecule is Cc1[nH]nc2c1CN(C(=O)CCc1nncn1C)CC2. The third-order valence-corrected chi connectivity index (χ3v) is 3.85. The summed E-state index contributed by atoms with van der Waals surface area (Å²) in [4.78, 5) is 14.2. The Balaban J connectivity index is 1.62. The average Bonchev–Trinajstić information content (AvgIpc) is 3.03. The van der Waals surface area contributed by atoms with Gasteiger partial charge in [-0.05, 0) is 6.92 Å². The van der Waals surface area contributed by atoms with Crippen molar-refractivity contribution in [3.8, 4) is 0 Å². The zero-order chi connectivity index (χ0) is 14.1. The molecule has 0 fully saturated rings. The first kappa shape index (κ1) is 12.8. The lowest BCUT2D eigenvalue weighted by Crippen LogP contribution is -2.36. The molecule has 0 aliphatic carbocycles. The highest BCUT2D eigenvalue weighted by molar-refractivity contribution is 5.76. The molecule has 0 spiro atoms. The molecule has 2 aromatic heterocycles. The van der Waals surface area contributed by atoms with Crippen molar-refractivity contribution in [2.24, 2.45) is 7.05 Å². The number of carbonyl (C=O) groups is 1. The van der Waals surface area contributed by atoms with Crippen LogP contribution < -0.4 is 0 Å². The number of fused-ring (bicyclic) bond motifs is 1. The number of hydrogen-bond acceptors (Lipinski definition) is 4. The van der Waals surface area contributed by atoms with Gasteiger partial charge in [0.2, 0.25) is 5.91 Å². The number of nitrogens with one attached hydrogen (secondary N) is 1. The molecule has 0 aromatic carbocycles. The molecule has 2 aromatic rings. The lowest BCUT2D eigenvalue weighted by Gasteiger charge is -2.26. The quantitative estimate of drug-likeness (QED) is 0.876. The third kappa shape index (κ3) is 2.31. The van der Waals surface area contributed by atoms with Crippen LogP contribution in [0.15, 0.2) is 6.33 Å². The number of aromatic amines is 1. The van der Waals surface area contributed by atoms with Crippen molar-refractivity contribution < 1.29 is 4.79 Å². The summed E-state index contributed by atoms with van der Waals surface area (Å²) in [5.41, 5.74) is 3.33. The Bertz CT molecular complexity index is 629. The van der Waals surface area contributed by atoms with Crippen molar-refractivity contribution in [1.82, 2.24) is 29.9 Å². The van der Waals surface area contributed by atoms with E-state index in [4.69, 9.17) is 0 Å². The van der Waals surface area contributed by atoms with Crippen molar-refractivity contribution >= 4 is 5.91 Å². The zero-order valence-electron chi connectivity index (χ0n) is 11.8. The molecule has 0 saturated heterocycles. The van der Waals surface area contributed by atoms with E-state index in [1.54, 1.807) is 6.33 Å². The van der Waals surface area contributed by atoms with Crippen molar-refractivity contribution in [3.63, 3.8) is 0 Å². The number of aromatic nitrogens is 5. The maximum absolute atomic E-state index is 12.3. The number of aryl methyl sites for hydroxylation is 3. The van der Waals surface area contributed by atoms with Gasteiger partial charge in [0.15, 0.2) is 0 Å². The molecule has 3 rings (SSSR count). The molecule has 1 aliphatic heterocycles. The summed E-state index contributed by atoms with van der Waals surface area (Å²) in [5, 5.41) is 15.1. The van der Waals surface area contributed by atoms with Gasteiger partial charge in [0, 0.05) is 50.7 Å². The number of nitrogens with zero attached hydrogens (tertiary/aromatic N) is 5. The van der Waals surface area contributed by atoms with E-state index in [0.717, 1.165) is 30.2 Å². The van der Waals surface area contributed by atoms with Crippen LogP contribution in [0, 0.1) is 6.92 Å². The molecule has 7 nitrogen and oxygen atoms in total. The van der Waals surface area contributed by atoms with Crippen LogP contribution in [-0.4, -0.2) is 42.3 Å². The van der Waals surface area contributed by atoms with Crippen molar-refractivity contribution in [3.05, 3.63) is 29.1 Å². The normalized spacial score (nSPS) is 14.4. The largest absolute Gasteiger partial charge is 0.338 e. The molecule has 106 valence electrons. The van der Waals surface area contributed by atoms with Crippen LogP contribution in [0.25, 0.3) is 0 Å². The Labute approximate surface area is 117 Å². The van der Waals surface area contributed by atoms with Gasteiger partial charge >= 0.3 is 0 Å². The van der Waals surface area contributed by atoms with E-state index in [0.29, 0.717) is 19.4 Å². The highest BCUT2D eigenvalue weighted by Gasteiger charge is 2.23. The maximum Gasteiger partial charge on any atom is 0.223 e.